The average molecular weight is 346 g/mol. The molecule has 2 aromatic rings. The van der Waals surface area contributed by atoms with Crippen LogP contribution in [0.25, 0.3) is 0 Å². The summed E-state index contributed by atoms with van der Waals surface area (Å²) in [6.07, 6.45) is 0. The molecule has 0 saturated heterocycles. The highest BCUT2D eigenvalue weighted by Gasteiger charge is 2.16. The molecule has 21 heavy (non-hydrogen) atoms. The van der Waals surface area contributed by atoms with Gasteiger partial charge in [-0.1, -0.05) is 34.8 Å². The van der Waals surface area contributed by atoms with E-state index in [0.29, 0.717) is 10.7 Å². The Morgan fingerprint density at radius 1 is 1.05 bits per heavy atom. The van der Waals surface area contributed by atoms with E-state index < -0.39 is 10.8 Å². The van der Waals surface area contributed by atoms with E-state index in [0.717, 1.165) is 0 Å². The maximum atomic E-state index is 12.1. The molecule has 2 rings (SSSR count). The van der Waals surface area contributed by atoms with E-state index >= 15 is 0 Å². The van der Waals surface area contributed by atoms with Crippen molar-refractivity contribution < 1.29 is 9.72 Å². The minimum absolute atomic E-state index is 0.116. The summed E-state index contributed by atoms with van der Waals surface area (Å²) >= 11 is 17.5. The summed E-state index contributed by atoms with van der Waals surface area (Å²) < 4.78 is 0. The van der Waals surface area contributed by atoms with E-state index in [1.165, 1.54) is 24.3 Å². The topological polar surface area (TPSA) is 72.2 Å². The second-order valence-corrected chi connectivity index (χ2v) is 5.25. The van der Waals surface area contributed by atoms with Crippen LogP contribution >= 0.6 is 34.8 Å². The third kappa shape index (κ3) is 3.64. The highest BCUT2D eigenvalue weighted by Crippen LogP contribution is 2.28. The molecular formula is C13H7Cl3N2O3. The number of benzene rings is 2. The molecule has 0 radical (unpaired) electrons. The van der Waals surface area contributed by atoms with Crippen LogP contribution in [-0.2, 0) is 0 Å². The van der Waals surface area contributed by atoms with Crippen LogP contribution < -0.4 is 5.32 Å². The van der Waals surface area contributed by atoms with Crippen LogP contribution in [0.5, 0.6) is 0 Å². The Balaban J connectivity index is 2.24. The van der Waals surface area contributed by atoms with Gasteiger partial charge in [0.25, 0.3) is 11.6 Å². The van der Waals surface area contributed by atoms with Crippen molar-refractivity contribution in [2.24, 2.45) is 0 Å². The summed E-state index contributed by atoms with van der Waals surface area (Å²) in [7, 11) is 0. The minimum Gasteiger partial charge on any atom is -0.321 e. The van der Waals surface area contributed by atoms with Crippen LogP contribution in [0.1, 0.15) is 10.4 Å². The second kappa shape index (κ2) is 6.30. The Hall–Kier alpha value is -1.82. The Bertz CT molecular complexity index is 735. The number of halogens is 3. The molecular weight excluding hydrogens is 339 g/mol. The Kier molecular flexibility index (Phi) is 4.67. The van der Waals surface area contributed by atoms with Crippen LogP contribution in [0.3, 0.4) is 0 Å². The van der Waals surface area contributed by atoms with Gasteiger partial charge in [-0.25, -0.2) is 0 Å². The van der Waals surface area contributed by atoms with Gasteiger partial charge in [-0.3, -0.25) is 14.9 Å². The van der Waals surface area contributed by atoms with Crippen LogP contribution in [0.4, 0.5) is 11.4 Å². The van der Waals surface area contributed by atoms with Gasteiger partial charge >= 0.3 is 0 Å². The summed E-state index contributed by atoms with van der Waals surface area (Å²) in [5.74, 6) is -0.490. The third-order valence-electron chi connectivity index (χ3n) is 2.59. The number of amides is 1. The summed E-state index contributed by atoms with van der Waals surface area (Å²) in [6.45, 7) is 0. The Morgan fingerprint density at radius 2 is 1.76 bits per heavy atom. The van der Waals surface area contributed by atoms with E-state index in [2.05, 4.69) is 5.32 Å². The van der Waals surface area contributed by atoms with Crippen LogP contribution in [0, 0.1) is 10.1 Å². The maximum Gasteiger partial charge on any atom is 0.287 e. The summed E-state index contributed by atoms with van der Waals surface area (Å²) in [5, 5.41) is 13.8. The van der Waals surface area contributed by atoms with E-state index in [-0.39, 0.29) is 21.3 Å². The molecule has 5 nitrogen and oxygen atoms in total. The lowest BCUT2D eigenvalue weighted by molar-refractivity contribution is -0.384. The van der Waals surface area contributed by atoms with E-state index in [1.54, 1.807) is 12.1 Å². The lowest BCUT2D eigenvalue weighted by atomic mass is 10.2. The average Bonchev–Trinajstić information content (AvgIpc) is 2.41. The van der Waals surface area contributed by atoms with Crippen LogP contribution in [0.15, 0.2) is 36.4 Å². The molecule has 0 saturated carbocycles. The molecule has 1 amide bonds. The van der Waals surface area contributed by atoms with Crippen molar-refractivity contribution in [3.63, 3.8) is 0 Å². The SMILES string of the molecule is O=C(Nc1ccc(Cl)cc1Cl)c1ccc([N+](=O)[O-])c(Cl)c1. The van der Waals surface area contributed by atoms with E-state index in [4.69, 9.17) is 34.8 Å². The number of nitrogens with zero attached hydrogens (tertiary/aromatic N) is 1. The third-order valence-corrected chi connectivity index (χ3v) is 3.44. The molecule has 0 fully saturated rings. The van der Waals surface area contributed by atoms with Crippen LogP contribution in [0.2, 0.25) is 15.1 Å². The van der Waals surface area contributed by atoms with Gasteiger partial charge in [-0.15, -0.1) is 0 Å². The van der Waals surface area contributed by atoms with Crippen LogP contribution in [-0.4, -0.2) is 10.8 Å². The van der Waals surface area contributed by atoms with E-state index in [9.17, 15) is 14.9 Å². The number of nitro benzene ring substituents is 1. The number of anilines is 1. The summed E-state index contributed by atoms with van der Waals surface area (Å²) in [6, 6.07) is 8.31. The standard InChI is InChI=1S/C13H7Cl3N2O3/c14-8-2-3-11(9(15)6-8)17-13(19)7-1-4-12(18(20)21)10(16)5-7/h1-6H,(H,17,19). The van der Waals surface area contributed by atoms with Crippen molar-refractivity contribution in [3.05, 3.63) is 67.1 Å². The molecule has 8 heteroatoms. The molecule has 0 aliphatic heterocycles. The van der Waals surface area contributed by atoms with Gasteiger partial charge in [-0.2, -0.15) is 0 Å². The molecule has 0 aromatic heterocycles. The van der Waals surface area contributed by atoms with Gasteiger partial charge < -0.3 is 5.32 Å². The largest absolute Gasteiger partial charge is 0.321 e. The van der Waals surface area contributed by atoms with Gasteiger partial charge in [0.2, 0.25) is 0 Å². The van der Waals surface area contributed by atoms with Gasteiger partial charge in [0.05, 0.1) is 15.6 Å². The number of nitrogens with one attached hydrogen (secondary N) is 1. The molecule has 0 atom stereocenters. The normalized spacial score (nSPS) is 10.2. The molecule has 0 aliphatic rings. The zero-order chi connectivity index (χ0) is 15.6. The smallest absolute Gasteiger partial charge is 0.287 e. The Morgan fingerprint density at radius 3 is 2.33 bits per heavy atom. The molecule has 0 unspecified atom stereocenters. The van der Waals surface area contributed by atoms with Gasteiger partial charge in [-0.05, 0) is 30.3 Å². The van der Waals surface area contributed by atoms with Crippen molar-refractivity contribution >= 4 is 52.1 Å². The number of hydrogen-bond donors (Lipinski definition) is 1. The minimum atomic E-state index is -0.625. The van der Waals surface area contributed by atoms with Crippen molar-refractivity contribution in [2.45, 2.75) is 0 Å². The molecule has 0 spiro atoms. The lowest BCUT2D eigenvalue weighted by Gasteiger charge is -2.08. The number of carbonyl (C=O) groups is 1. The van der Waals surface area contributed by atoms with Gasteiger partial charge in [0, 0.05) is 16.7 Å². The fourth-order valence-corrected chi connectivity index (χ4v) is 2.29. The maximum absolute atomic E-state index is 12.1. The molecule has 0 heterocycles. The molecule has 2 aromatic carbocycles. The van der Waals surface area contributed by atoms with Gasteiger partial charge in [0.1, 0.15) is 5.02 Å². The predicted molar refractivity (Wildman–Crippen MR) is 82.5 cm³/mol. The van der Waals surface area contributed by atoms with Gasteiger partial charge in [0.15, 0.2) is 0 Å². The first kappa shape index (κ1) is 15.6. The lowest BCUT2D eigenvalue weighted by Crippen LogP contribution is -2.12. The predicted octanol–water partition coefficient (Wildman–Crippen LogP) is 4.81. The summed E-state index contributed by atoms with van der Waals surface area (Å²) in [4.78, 5) is 22.1. The zero-order valence-corrected chi connectivity index (χ0v) is 12.5. The number of hydrogen-bond acceptors (Lipinski definition) is 3. The second-order valence-electron chi connectivity index (χ2n) is 4.00. The number of carbonyl (C=O) groups excluding carboxylic acids is 1. The fraction of sp³-hybridized carbons (Fsp3) is 0. The molecule has 1 N–H and O–H groups in total. The highest BCUT2D eigenvalue weighted by molar-refractivity contribution is 6.37. The monoisotopic (exact) mass is 344 g/mol. The first-order valence-corrected chi connectivity index (χ1v) is 6.72. The molecule has 0 aliphatic carbocycles. The first-order chi connectivity index (χ1) is 9.88. The highest BCUT2D eigenvalue weighted by atomic mass is 35.5. The van der Waals surface area contributed by atoms with Crippen molar-refractivity contribution in [1.82, 2.24) is 0 Å². The number of nitro groups is 1. The zero-order valence-electron chi connectivity index (χ0n) is 10.3. The van der Waals surface area contributed by atoms with Crippen molar-refractivity contribution in [3.8, 4) is 0 Å². The van der Waals surface area contributed by atoms with Crippen molar-refractivity contribution in [1.29, 1.82) is 0 Å². The van der Waals surface area contributed by atoms with E-state index in [1.807, 2.05) is 0 Å². The number of rotatable bonds is 3. The first-order valence-electron chi connectivity index (χ1n) is 5.59. The van der Waals surface area contributed by atoms with Crippen molar-refractivity contribution in [2.75, 3.05) is 5.32 Å². The molecule has 108 valence electrons. The quantitative estimate of drug-likeness (QED) is 0.641. The summed E-state index contributed by atoms with van der Waals surface area (Å²) in [5.41, 5.74) is 0.287. The Labute approximate surface area is 134 Å². The molecule has 0 bridgehead atoms. The fourth-order valence-electron chi connectivity index (χ4n) is 1.58.